The van der Waals surface area contributed by atoms with Crippen LogP contribution in [0.15, 0.2) is 36.8 Å². The second-order valence-electron chi connectivity index (χ2n) is 6.39. The lowest BCUT2D eigenvalue weighted by Crippen LogP contribution is -3.14. The molecular weight excluding hydrogens is 335 g/mol. The number of quaternary nitrogens is 1. The fourth-order valence-electron chi connectivity index (χ4n) is 3.21. The molecule has 0 spiro atoms. The Kier molecular flexibility index (Phi) is 5.03. The lowest BCUT2D eigenvalue weighted by atomic mass is 10.3. The zero-order valence-corrected chi connectivity index (χ0v) is 14.5. The molecule has 26 heavy (non-hydrogen) atoms. The van der Waals surface area contributed by atoms with Crippen LogP contribution in [0.25, 0.3) is 16.7 Å². The third-order valence-electron chi connectivity index (χ3n) is 4.64. The van der Waals surface area contributed by atoms with E-state index in [0.29, 0.717) is 5.65 Å². The van der Waals surface area contributed by atoms with Crippen molar-refractivity contribution in [3.05, 3.63) is 42.6 Å². The monoisotopic (exact) mass is 357 g/mol. The van der Waals surface area contributed by atoms with Gasteiger partial charge in [0, 0.05) is 13.0 Å². The van der Waals surface area contributed by atoms with Gasteiger partial charge in [0.15, 0.2) is 5.65 Å². The number of nitrogens with zero attached hydrogens (tertiary/aromatic N) is 4. The van der Waals surface area contributed by atoms with E-state index in [1.54, 1.807) is 27.9 Å². The van der Waals surface area contributed by atoms with Crippen molar-refractivity contribution in [2.45, 2.75) is 6.42 Å². The van der Waals surface area contributed by atoms with Crippen LogP contribution in [0.4, 0.5) is 10.2 Å². The van der Waals surface area contributed by atoms with E-state index in [1.807, 2.05) is 0 Å². The summed E-state index contributed by atoms with van der Waals surface area (Å²) in [5.74, 6) is 0.505. The summed E-state index contributed by atoms with van der Waals surface area (Å²) in [5, 5.41) is 8.64. The molecule has 0 unspecified atom stereocenters. The standard InChI is InChI=1S/C18H21FN6O/c19-14-2-4-15(5-3-14)25-18-16(12-23-25)17(21-13-22-18)20-6-1-7-24-8-10-26-11-9-24/h2-5,12-13H,1,6-11H2,(H,20,21,22)/p+1. The van der Waals surface area contributed by atoms with Gasteiger partial charge in [-0.05, 0) is 24.3 Å². The average molecular weight is 357 g/mol. The quantitative estimate of drug-likeness (QED) is 0.635. The highest BCUT2D eigenvalue weighted by atomic mass is 19.1. The van der Waals surface area contributed by atoms with Crippen LogP contribution in [0, 0.1) is 5.82 Å². The first-order valence-electron chi connectivity index (χ1n) is 8.91. The minimum atomic E-state index is -0.274. The summed E-state index contributed by atoms with van der Waals surface area (Å²) < 4.78 is 20.2. The molecule has 2 N–H and O–H groups in total. The Hall–Kier alpha value is -2.58. The van der Waals surface area contributed by atoms with Crippen LogP contribution >= 0.6 is 0 Å². The molecule has 0 amide bonds. The van der Waals surface area contributed by atoms with Crippen molar-refractivity contribution in [1.82, 2.24) is 19.7 Å². The first-order valence-corrected chi connectivity index (χ1v) is 8.91. The second-order valence-corrected chi connectivity index (χ2v) is 6.39. The van der Waals surface area contributed by atoms with E-state index in [2.05, 4.69) is 20.4 Å². The fraction of sp³-hybridized carbons (Fsp3) is 0.389. The molecule has 0 radical (unpaired) electrons. The Bertz CT molecular complexity index is 860. The molecule has 0 atom stereocenters. The zero-order valence-electron chi connectivity index (χ0n) is 14.5. The molecule has 4 rings (SSSR count). The van der Waals surface area contributed by atoms with Crippen LogP contribution in [-0.4, -0.2) is 59.1 Å². The van der Waals surface area contributed by atoms with Crippen molar-refractivity contribution in [2.24, 2.45) is 0 Å². The Morgan fingerprint density at radius 1 is 1.15 bits per heavy atom. The zero-order chi connectivity index (χ0) is 17.8. The van der Waals surface area contributed by atoms with Gasteiger partial charge in [-0.1, -0.05) is 0 Å². The molecule has 1 aliphatic rings. The van der Waals surface area contributed by atoms with Crippen LogP contribution in [0.5, 0.6) is 0 Å². The number of hydrogen-bond acceptors (Lipinski definition) is 5. The summed E-state index contributed by atoms with van der Waals surface area (Å²) in [6, 6.07) is 6.19. The van der Waals surface area contributed by atoms with Crippen molar-refractivity contribution in [2.75, 3.05) is 44.7 Å². The van der Waals surface area contributed by atoms with E-state index in [1.165, 1.54) is 18.5 Å². The molecule has 0 saturated carbocycles. The Morgan fingerprint density at radius 3 is 2.77 bits per heavy atom. The van der Waals surface area contributed by atoms with E-state index < -0.39 is 0 Å². The predicted molar refractivity (Wildman–Crippen MR) is 96.1 cm³/mol. The summed E-state index contributed by atoms with van der Waals surface area (Å²) in [4.78, 5) is 10.3. The second kappa shape index (κ2) is 7.76. The van der Waals surface area contributed by atoms with Crippen LogP contribution in [0.3, 0.4) is 0 Å². The predicted octanol–water partition coefficient (Wildman–Crippen LogP) is 0.672. The maximum Gasteiger partial charge on any atom is 0.168 e. The minimum Gasteiger partial charge on any atom is -0.370 e. The van der Waals surface area contributed by atoms with Gasteiger partial charge in [-0.2, -0.15) is 5.10 Å². The van der Waals surface area contributed by atoms with Crippen molar-refractivity contribution in [3.8, 4) is 5.69 Å². The molecule has 0 aliphatic carbocycles. The van der Waals surface area contributed by atoms with Gasteiger partial charge in [0.2, 0.25) is 0 Å². The van der Waals surface area contributed by atoms with Gasteiger partial charge in [-0.25, -0.2) is 19.0 Å². The molecule has 1 fully saturated rings. The minimum absolute atomic E-state index is 0.274. The highest BCUT2D eigenvalue weighted by molar-refractivity contribution is 5.87. The van der Waals surface area contributed by atoms with E-state index in [9.17, 15) is 4.39 Å². The Labute approximate surface area is 150 Å². The van der Waals surface area contributed by atoms with Crippen LogP contribution in [0.1, 0.15) is 6.42 Å². The Balaban J connectivity index is 1.44. The lowest BCUT2D eigenvalue weighted by molar-refractivity contribution is -0.908. The van der Waals surface area contributed by atoms with Gasteiger partial charge in [0.1, 0.15) is 31.1 Å². The molecule has 3 heterocycles. The molecule has 7 nitrogen and oxygen atoms in total. The third kappa shape index (κ3) is 3.66. The number of anilines is 1. The molecule has 1 aromatic carbocycles. The first-order chi connectivity index (χ1) is 12.8. The lowest BCUT2D eigenvalue weighted by Gasteiger charge is -2.23. The summed E-state index contributed by atoms with van der Waals surface area (Å²) >= 11 is 0. The first kappa shape index (κ1) is 16.9. The molecular formula is C18H22FN6O+. The number of nitrogens with one attached hydrogen (secondary N) is 2. The van der Waals surface area contributed by atoms with Crippen molar-refractivity contribution < 1.29 is 14.0 Å². The van der Waals surface area contributed by atoms with Gasteiger partial charge in [-0.3, -0.25) is 0 Å². The molecule has 1 aliphatic heterocycles. The third-order valence-corrected chi connectivity index (χ3v) is 4.64. The van der Waals surface area contributed by atoms with E-state index >= 15 is 0 Å². The molecule has 3 aromatic rings. The van der Waals surface area contributed by atoms with Crippen LogP contribution in [0.2, 0.25) is 0 Å². The van der Waals surface area contributed by atoms with E-state index in [-0.39, 0.29) is 5.82 Å². The Morgan fingerprint density at radius 2 is 1.96 bits per heavy atom. The number of aromatic nitrogens is 4. The van der Waals surface area contributed by atoms with Gasteiger partial charge in [0.05, 0.1) is 37.0 Å². The number of fused-ring (bicyclic) bond motifs is 1. The average Bonchev–Trinajstić information content (AvgIpc) is 3.12. The van der Waals surface area contributed by atoms with E-state index in [0.717, 1.165) is 62.7 Å². The topological polar surface area (TPSA) is 69.3 Å². The maximum atomic E-state index is 13.1. The van der Waals surface area contributed by atoms with Gasteiger partial charge in [-0.15, -0.1) is 0 Å². The largest absolute Gasteiger partial charge is 0.370 e. The van der Waals surface area contributed by atoms with Crippen molar-refractivity contribution in [1.29, 1.82) is 0 Å². The molecule has 0 bridgehead atoms. The summed E-state index contributed by atoms with van der Waals surface area (Å²) in [6.45, 7) is 5.86. The van der Waals surface area contributed by atoms with Gasteiger partial charge >= 0.3 is 0 Å². The summed E-state index contributed by atoms with van der Waals surface area (Å²) in [5.41, 5.74) is 1.47. The summed E-state index contributed by atoms with van der Waals surface area (Å²) in [6.07, 6.45) is 4.33. The smallest absolute Gasteiger partial charge is 0.168 e. The van der Waals surface area contributed by atoms with Crippen molar-refractivity contribution >= 4 is 16.9 Å². The molecule has 136 valence electrons. The number of benzene rings is 1. The van der Waals surface area contributed by atoms with Crippen molar-refractivity contribution in [3.63, 3.8) is 0 Å². The molecule has 2 aromatic heterocycles. The van der Waals surface area contributed by atoms with E-state index in [4.69, 9.17) is 4.74 Å². The molecule has 8 heteroatoms. The number of halogens is 1. The van der Waals surface area contributed by atoms with Gasteiger partial charge < -0.3 is 15.0 Å². The SMILES string of the molecule is Fc1ccc(-n2ncc3c(NCCC[NH+]4CCOCC4)ncnc32)cc1. The number of morpholine rings is 1. The number of ether oxygens (including phenoxy) is 1. The normalized spacial score (nSPS) is 15.4. The summed E-state index contributed by atoms with van der Waals surface area (Å²) in [7, 11) is 0. The number of rotatable bonds is 6. The highest BCUT2D eigenvalue weighted by Gasteiger charge is 2.14. The van der Waals surface area contributed by atoms with Crippen LogP contribution < -0.4 is 10.2 Å². The number of hydrogen-bond donors (Lipinski definition) is 2. The van der Waals surface area contributed by atoms with Gasteiger partial charge in [0.25, 0.3) is 0 Å². The van der Waals surface area contributed by atoms with Crippen LogP contribution in [-0.2, 0) is 4.74 Å². The highest BCUT2D eigenvalue weighted by Crippen LogP contribution is 2.21. The maximum absolute atomic E-state index is 13.1. The fourth-order valence-corrected chi connectivity index (χ4v) is 3.21. The molecule has 1 saturated heterocycles.